The molecular weight excluding hydrogens is 366 g/mol. The Bertz CT molecular complexity index is 897. The molecule has 27 heavy (non-hydrogen) atoms. The summed E-state index contributed by atoms with van der Waals surface area (Å²) >= 11 is 0. The van der Waals surface area contributed by atoms with Crippen LogP contribution in [0.4, 0.5) is 5.69 Å². The number of benzene rings is 2. The highest BCUT2D eigenvalue weighted by atomic mass is 32.2. The minimum Gasteiger partial charge on any atom is -0.497 e. The second kappa shape index (κ2) is 8.98. The fourth-order valence-electron chi connectivity index (χ4n) is 2.53. The molecule has 0 radical (unpaired) electrons. The zero-order valence-corrected chi connectivity index (χ0v) is 16.8. The molecule has 0 saturated heterocycles. The second-order valence-electron chi connectivity index (χ2n) is 6.39. The maximum absolute atomic E-state index is 12.3. The average Bonchev–Trinajstić information content (AvgIpc) is 2.61. The minimum atomic E-state index is -3.55. The van der Waals surface area contributed by atoms with Crippen LogP contribution in [0.15, 0.2) is 53.4 Å². The highest BCUT2D eigenvalue weighted by Gasteiger charge is 2.17. The van der Waals surface area contributed by atoms with E-state index in [0.29, 0.717) is 12.2 Å². The number of rotatable bonds is 8. The molecule has 0 aliphatic rings. The number of nitrogens with one attached hydrogen (secondary N) is 1. The van der Waals surface area contributed by atoms with E-state index in [1.54, 1.807) is 19.2 Å². The molecule has 1 amide bonds. The fraction of sp³-hybridized carbons (Fsp3) is 0.316. The highest BCUT2D eigenvalue weighted by Crippen LogP contribution is 2.18. The fourth-order valence-corrected chi connectivity index (χ4v) is 3.48. The van der Waals surface area contributed by atoms with Crippen molar-refractivity contribution in [2.24, 2.45) is 0 Å². The molecule has 0 aliphatic heterocycles. The van der Waals surface area contributed by atoms with Crippen LogP contribution in [-0.4, -0.2) is 58.3 Å². The van der Waals surface area contributed by atoms with Crippen molar-refractivity contribution in [3.63, 3.8) is 0 Å². The Morgan fingerprint density at radius 1 is 1.07 bits per heavy atom. The molecule has 0 aliphatic carbocycles. The van der Waals surface area contributed by atoms with Gasteiger partial charge in [-0.15, -0.1) is 0 Å². The lowest BCUT2D eigenvalue weighted by molar-refractivity contribution is -0.117. The van der Waals surface area contributed by atoms with Crippen molar-refractivity contribution in [3.05, 3.63) is 54.1 Å². The monoisotopic (exact) mass is 391 g/mol. The van der Waals surface area contributed by atoms with E-state index in [1.807, 2.05) is 36.2 Å². The van der Waals surface area contributed by atoms with E-state index in [4.69, 9.17) is 4.74 Å². The topological polar surface area (TPSA) is 79.0 Å². The third-order valence-corrected chi connectivity index (χ3v) is 5.71. The summed E-state index contributed by atoms with van der Waals surface area (Å²) in [4.78, 5) is 14.3. The molecule has 0 aromatic heterocycles. The Kier molecular flexibility index (Phi) is 6.95. The molecule has 146 valence electrons. The molecule has 0 saturated carbocycles. The van der Waals surface area contributed by atoms with Gasteiger partial charge in [0, 0.05) is 26.3 Å². The summed E-state index contributed by atoms with van der Waals surface area (Å²) in [6, 6.07) is 13.9. The standard InChI is InChI=1S/C19H25N3O4S/c1-21(2)27(24,25)18-10-6-8-16(12-18)20-19(23)14-22(3)13-15-7-5-9-17(11-15)26-4/h5-12H,13-14H2,1-4H3,(H,20,23). The van der Waals surface area contributed by atoms with Crippen molar-refractivity contribution >= 4 is 21.6 Å². The number of hydrogen-bond donors (Lipinski definition) is 1. The van der Waals surface area contributed by atoms with Crippen LogP contribution in [-0.2, 0) is 21.4 Å². The van der Waals surface area contributed by atoms with E-state index in [-0.39, 0.29) is 17.3 Å². The first-order valence-electron chi connectivity index (χ1n) is 8.36. The molecule has 2 aromatic carbocycles. The molecule has 2 aromatic rings. The summed E-state index contributed by atoms with van der Waals surface area (Å²) in [6.07, 6.45) is 0. The van der Waals surface area contributed by atoms with Gasteiger partial charge in [0.2, 0.25) is 15.9 Å². The normalized spacial score (nSPS) is 11.6. The van der Waals surface area contributed by atoms with Gasteiger partial charge in [0.15, 0.2) is 0 Å². The number of amides is 1. The van der Waals surface area contributed by atoms with Crippen molar-refractivity contribution < 1.29 is 17.9 Å². The largest absolute Gasteiger partial charge is 0.497 e. The zero-order valence-electron chi connectivity index (χ0n) is 16.0. The lowest BCUT2D eigenvalue weighted by Crippen LogP contribution is -2.30. The predicted octanol–water partition coefficient (Wildman–Crippen LogP) is 2.02. The molecule has 0 bridgehead atoms. The number of anilines is 1. The number of ether oxygens (including phenoxy) is 1. The van der Waals surface area contributed by atoms with Gasteiger partial charge in [0.1, 0.15) is 5.75 Å². The van der Waals surface area contributed by atoms with E-state index in [2.05, 4.69) is 5.32 Å². The molecule has 1 N–H and O–H groups in total. The van der Waals surface area contributed by atoms with Crippen LogP contribution in [0.25, 0.3) is 0 Å². The van der Waals surface area contributed by atoms with Crippen LogP contribution >= 0.6 is 0 Å². The number of sulfonamides is 1. The van der Waals surface area contributed by atoms with Gasteiger partial charge in [-0.25, -0.2) is 12.7 Å². The number of carbonyl (C=O) groups excluding carboxylic acids is 1. The summed E-state index contributed by atoms with van der Waals surface area (Å²) in [5.41, 5.74) is 1.47. The van der Waals surface area contributed by atoms with Gasteiger partial charge >= 0.3 is 0 Å². The van der Waals surface area contributed by atoms with Gasteiger partial charge in [0.05, 0.1) is 18.6 Å². The summed E-state index contributed by atoms with van der Waals surface area (Å²) in [5, 5.41) is 2.74. The summed E-state index contributed by atoms with van der Waals surface area (Å²) < 4.78 is 30.7. The summed E-state index contributed by atoms with van der Waals surface area (Å²) in [7, 11) is 2.84. The Labute approximate surface area is 160 Å². The van der Waals surface area contributed by atoms with E-state index in [0.717, 1.165) is 15.6 Å². The van der Waals surface area contributed by atoms with E-state index in [1.165, 1.54) is 26.2 Å². The first-order valence-corrected chi connectivity index (χ1v) is 9.80. The number of methoxy groups -OCH3 is 1. The van der Waals surface area contributed by atoms with E-state index in [9.17, 15) is 13.2 Å². The van der Waals surface area contributed by atoms with Crippen LogP contribution in [0.3, 0.4) is 0 Å². The third-order valence-electron chi connectivity index (χ3n) is 3.90. The molecule has 8 heteroatoms. The number of likely N-dealkylation sites (N-methyl/N-ethyl adjacent to an activating group) is 1. The molecule has 0 unspecified atom stereocenters. The quantitative estimate of drug-likeness (QED) is 0.745. The van der Waals surface area contributed by atoms with Gasteiger partial charge in [-0.2, -0.15) is 0 Å². The van der Waals surface area contributed by atoms with Gasteiger partial charge in [0.25, 0.3) is 0 Å². The van der Waals surface area contributed by atoms with Crippen molar-refractivity contribution in [2.75, 3.05) is 40.1 Å². The Balaban J connectivity index is 1.99. The van der Waals surface area contributed by atoms with Crippen molar-refractivity contribution in [1.29, 1.82) is 0 Å². The Hall–Kier alpha value is -2.42. The molecule has 2 rings (SSSR count). The molecular formula is C19H25N3O4S. The Morgan fingerprint density at radius 3 is 2.44 bits per heavy atom. The van der Waals surface area contributed by atoms with Crippen LogP contribution in [0.1, 0.15) is 5.56 Å². The lowest BCUT2D eigenvalue weighted by atomic mass is 10.2. The zero-order chi connectivity index (χ0) is 20.0. The van der Waals surface area contributed by atoms with E-state index >= 15 is 0 Å². The van der Waals surface area contributed by atoms with Gasteiger partial charge in [-0.3, -0.25) is 9.69 Å². The van der Waals surface area contributed by atoms with Crippen LogP contribution < -0.4 is 10.1 Å². The van der Waals surface area contributed by atoms with Crippen molar-refractivity contribution in [2.45, 2.75) is 11.4 Å². The van der Waals surface area contributed by atoms with Crippen molar-refractivity contribution in [1.82, 2.24) is 9.21 Å². The Morgan fingerprint density at radius 2 is 1.78 bits per heavy atom. The predicted molar refractivity (Wildman–Crippen MR) is 105 cm³/mol. The molecule has 0 atom stereocenters. The molecule has 0 spiro atoms. The third kappa shape index (κ3) is 5.78. The molecule has 0 heterocycles. The number of nitrogens with zero attached hydrogens (tertiary/aromatic N) is 2. The SMILES string of the molecule is COc1cccc(CN(C)CC(=O)Nc2cccc(S(=O)(=O)N(C)C)c2)c1. The van der Waals surface area contributed by atoms with Crippen molar-refractivity contribution in [3.8, 4) is 5.75 Å². The highest BCUT2D eigenvalue weighted by molar-refractivity contribution is 7.89. The van der Waals surface area contributed by atoms with Crippen LogP contribution in [0, 0.1) is 0 Å². The average molecular weight is 391 g/mol. The summed E-state index contributed by atoms with van der Waals surface area (Å²) in [5.74, 6) is 0.545. The second-order valence-corrected chi connectivity index (χ2v) is 8.54. The lowest BCUT2D eigenvalue weighted by Gasteiger charge is -2.17. The first-order chi connectivity index (χ1) is 12.7. The maximum Gasteiger partial charge on any atom is 0.242 e. The smallest absolute Gasteiger partial charge is 0.242 e. The van der Waals surface area contributed by atoms with Gasteiger partial charge in [-0.05, 0) is 42.9 Å². The van der Waals surface area contributed by atoms with E-state index < -0.39 is 10.0 Å². The molecule has 0 fully saturated rings. The first kappa shape index (κ1) is 20.9. The van der Waals surface area contributed by atoms with Crippen LogP contribution in [0.2, 0.25) is 0 Å². The number of hydrogen-bond acceptors (Lipinski definition) is 5. The minimum absolute atomic E-state index is 0.134. The maximum atomic E-state index is 12.3. The number of carbonyl (C=O) groups is 1. The molecule has 7 nitrogen and oxygen atoms in total. The summed E-state index contributed by atoms with van der Waals surface area (Å²) in [6.45, 7) is 0.752. The van der Waals surface area contributed by atoms with Gasteiger partial charge in [-0.1, -0.05) is 18.2 Å². The van der Waals surface area contributed by atoms with Gasteiger partial charge < -0.3 is 10.1 Å². The van der Waals surface area contributed by atoms with Crippen LogP contribution in [0.5, 0.6) is 5.75 Å².